The maximum atomic E-state index is 7.00. The van der Waals surface area contributed by atoms with E-state index >= 15 is 0 Å². The highest BCUT2D eigenvalue weighted by Gasteiger charge is 2.02. The Hall–Kier alpha value is -2.04. The summed E-state index contributed by atoms with van der Waals surface area (Å²) >= 11 is 0. The normalized spacial score (nSPS) is 8.35. The SMILES string of the molecule is CC.CC.CCCN(CCC)c1ccccc1.CCCN(CCC)c1ccccc1.CN.CO. The number of benzene rings is 2. The van der Waals surface area contributed by atoms with Gasteiger partial charge < -0.3 is 20.6 Å². The summed E-state index contributed by atoms with van der Waals surface area (Å²) in [6.07, 6.45) is 4.87. The molecule has 0 unspecified atom stereocenters. The van der Waals surface area contributed by atoms with Crippen molar-refractivity contribution in [2.45, 2.75) is 81.1 Å². The van der Waals surface area contributed by atoms with Crippen LogP contribution in [-0.2, 0) is 0 Å². The Morgan fingerprint density at radius 1 is 0.500 bits per heavy atom. The van der Waals surface area contributed by atoms with Crippen LogP contribution < -0.4 is 15.5 Å². The van der Waals surface area contributed by atoms with E-state index in [4.69, 9.17) is 5.11 Å². The lowest BCUT2D eigenvalue weighted by molar-refractivity contribution is 0.399. The van der Waals surface area contributed by atoms with Crippen LogP contribution in [0.4, 0.5) is 11.4 Å². The summed E-state index contributed by atoms with van der Waals surface area (Å²) in [6.45, 7) is 21.6. The summed E-state index contributed by atoms with van der Waals surface area (Å²) in [5, 5.41) is 7.00. The maximum absolute atomic E-state index is 7.00. The van der Waals surface area contributed by atoms with E-state index in [1.54, 1.807) is 0 Å². The summed E-state index contributed by atoms with van der Waals surface area (Å²) in [6, 6.07) is 21.3. The number of aliphatic hydroxyl groups excluding tert-OH is 1. The number of hydrogen-bond acceptors (Lipinski definition) is 4. The Bertz CT molecular complexity index is 486. The van der Waals surface area contributed by atoms with Crippen LogP contribution in [0, 0.1) is 0 Å². The minimum absolute atomic E-state index is 1.00. The van der Waals surface area contributed by atoms with E-state index in [0.29, 0.717) is 0 Å². The van der Waals surface area contributed by atoms with Gasteiger partial charge in [0.2, 0.25) is 0 Å². The van der Waals surface area contributed by atoms with Crippen molar-refractivity contribution in [1.82, 2.24) is 0 Å². The Balaban J connectivity index is -0.000000204. The average molecular weight is 478 g/mol. The molecule has 200 valence electrons. The predicted molar refractivity (Wildman–Crippen MR) is 159 cm³/mol. The Labute approximate surface area is 214 Å². The molecule has 0 saturated heterocycles. The molecule has 0 atom stereocenters. The third kappa shape index (κ3) is 21.8. The smallest absolute Gasteiger partial charge is 0.0366 e. The molecule has 0 aliphatic heterocycles. The van der Waals surface area contributed by atoms with E-state index in [1.807, 2.05) is 27.7 Å². The second-order valence-electron chi connectivity index (χ2n) is 6.65. The maximum Gasteiger partial charge on any atom is 0.0366 e. The first-order valence-electron chi connectivity index (χ1n) is 13.4. The lowest BCUT2D eigenvalue weighted by Crippen LogP contribution is -2.24. The van der Waals surface area contributed by atoms with Gasteiger partial charge in [-0.15, -0.1) is 0 Å². The molecule has 2 aromatic rings. The van der Waals surface area contributed by atoms with Gasteiger partial charge in [-0.2, -0.15) is 0 Å². The van der Waals surface area contributed by atoms with Gasteiger partial charge in [0.25, 0.3) is 0 Å². The molecular formula is C30H59N3O. The molecule has 4 nitrogen and oxygen atoms in total. The molecule has 0 aliphatic rings. The third-order valence-electron chi connectivity index (χ3n) is 4.22. The fourth-order valence-electron chi connectivity index (χ4n) is 3.10. The van der Waals surface area contributed by atoms with Gasteiger partial charge in [0.1, 0.15) is 0 Å². The quantitative estimate of drug-likeness (QED) is 0.365. The van der Waals surface area contributed by atoms with Crippen molar-refractivity contribution >= 4 is 11.4 Å². The van der Waals surface area contributed by atoms with Crippen molar-refractivity contribution in [2.24, 2.45) is 5.73 Å². The van der Waals surface area contributed by atoms with Gasteiger partial charge in [0.15, 0.2) is 0 Å². The first-order chi connectivity index (χ1) is 16.8. The zero-order valence-corrected chi connectivity index (χ0v) is 24.3. The van der Waals surface area contributed by atoms with Crippen LogP contribution in [-0.4, -0.2) is 45.4 Å². The molecule has 0 aromatic heterocycles. The largest absolute Gasteiger partial charge is 0.400 e. The monoisotopic (exact) mass is 477 g/mol. The Morgan fingerprint density at radius 3 is 0.882 bits per heavy atom. The van der Waals surface area contributed by atoms with Gasteiger partial charge in [-0.1, -0.05) is 91.8 Å². The van der Waals surface area contributed by atoms with Gasteiger partial charge >= 0.3 is 0 Å². The second-order valence-corrected chi connectivity index (χ2v) is 6.65. The Kier molecular flexibility index (Phi) is 41.0. The highest BCUT2D eigenvalue weighted by atomic mass is 16.2. The van der Waals surface area contributed by atoms with Crippen LogP contribution in [0.15, 0.2) is 60.7 Å². The number of hydrogen-bond donors (Lipinski definition) is 2. The highest BCUT2D eigenvalue weighted by molar-refractivity contribution is 5.46. The summed E-state index contributed by atoms with van der Waals surface area (Å²) < 4.78 is 0. The topological polar surface area (TPSA) is 52.7 Å². The molecule has 0 radical (unpaired) electrons. The van der Waals surface area contributed by atoms with Crippen LogP contribution in [0.25, 0.3) is 0 Å². The molecule has 0 amide bonds. The molecule has 0 saturated carbocycles. The average Bonchev–Trinajstić information content (AvgIpc) is 2.94. The van der Waals surface area contributed by atoms with E-state index < -0.39 is 0 Å². The van der Waals surface area contributed by atoms with Crippen LogP contribution in [0.5, 0.6) is 0 Å². The lowest BCUT2D eigenvalue weighted by Gasteiger charge is -2.23. The number of aliphatic hydroxyl groups is 1. The molecule has 0 aliphatic carbocycles. The van der Waals surface area contributed by atoms with Gasteiger partial charge in [0.05, 0.1) is 0 Å². The minimum atomic E-state index is 1.00. The molecule has 0 bridgehead atoms. The van der Waals surface area contributed by atoms with Crippen molar-refractivity contribution in [1.29, 1.82) is 0 Å². The first kappa shape index (κ1) is 39.2. The van der Waals surface area contributed by atoms with Crippen LogP contribution >= 0.6 is 0 Å². The van der Waals surface area contributed by atoms with Gasteiger partial charge in [0, 0.05) is 44.7 Å². The summed E-state index contributed by atoms with van der Waals surface area (Å²) in [5.41, 5.74) is 7.21. The summed E-state index contributed by atoms with van der Waals surface area (Å²) in [5.74, 6) is 0. The molecular weight excluding hydrogens is 418 g/mol. The van der Waals surface area contributed by atoms with Crippen LogP contribution in [0.3, 0.4) is 0 Å². The van der Waals surface area contributed by atoms with Gasteiger partial charge in [-0.3, -0.25) is 0 Å². The zero-order valence-electron chi connectivity index (χ0n) is 24.3. The lowest BCUT2D eigenvalue weighted by atomic mass is 10.2. The van der Waals surface area contributed by atoms with Crippen molar-refractivity contribution < 1.29 is 5.11 Å². The van der Waals surface area contributed by atoms with Crippen LogP contribution in [0.2, 0.25) is 0 Å². The van der Waals surface area contributed by atoms with Crippen LogP contribution in [0.1, 0.15) is 81.1 Å². The number of nitrogens with two attached hydrogens (primary N) is 1. The van der Waals surface area contributed by atoms with Gasteiger partial charge in [-0.25, -0.2) is 0 Å². The minimum Gasteiger partial charge on any atom is -0.400 e. The predicted octanol–water partition coefficient (Wildman–Crippen LogP) is 7.86. The highest BCUT2D eigenvalue weighted by Crippen LogP contribution is 2.14. The molecule has 3 N–H and O–H groups in total. The summed E-state index contributed by atoms with van der Waals surface area (Å²) in [4.78, 5) is 4.89. The molecule has 0 fully saturated rings. The molecule has 2 aromatic carbocycles. The Morgan fingerprint density at radius 2 is 0.706 bits per heavy atom. The first-order valence-corrected chi connectivity index (χ1v) is 13.4. The zero-order chi connectivity index (χ0) is 27.0. The van der Waals surface area contributed by atoms with Gasteiger partial charge in [-0.05, 0) is 57.0 Å². The van der Waals surface area contributed by atoms with Crippen molar-refractivity contribution in [2.75, 3.05) is 50.1 Å². The molecule has 0 spiro atoms. The fourth-order valence-corrected chi connectivity index (χ4v) is 3.10. The number of para-hydroxylation sites is 2. The van der Waals surface area contributed by atoms with Crippen molar-refractivity contribution in [3.05, 3.63) is 60.7 Å². The molecule has 2 rings (SSSR count). The van der Waals surface area contributed by atoms with Crippen molar-refractivity contribution in [3.63, 3.8) is 0 Å². The number of nitrogens with zero attached hydrogens (tertiary/aromatic N) is 2. The van der Waals surface area contributed by atoms with E-state index in [1.165, 1.54) is 44.1 Å². The van der Waals surface area contributed by atoms with E-state index in [0.717, 1.165) is 33.3 Å². The summed E-state index contributed by atoms with van der Waals surface area (Å²) in [7, 11) is 2.50. The van der Waals surface area contributed by atoms with E-state index in [2.05, 4.69) is 104 Å². The second kappa shape index (κ2) is 35.5. The number of anilines is 2. The van der Waals surface area contributed by atoms with Crippen molar-refractivity contribution in [3.8, 4) is 0 Å². The van der Waals surface area contributed by atoms with E-state index in [-0.39, 0.29) is 0 Å². The van der Waals surface area contributed by atoms with E-state index in [9.17, 15) is 0 Å². The molecule has 4 heteroatoms. The number of rotatable bonds is 10. The molecule has 0 heterocycles. The standard InChI is InChI=1S/2C12H19N.2C2H6.CH5N.CH4O/c2*1-3-10-13(11-4-2)12-8-6-5-7-9-12;4*1-2/h2*5-9H,3-4,10-11H2,1-2H3;2*1-2H3;2H2,1H3;2H,1H3. The fraction of sp³-hybridized carbons (Fsp3) is 0.600. The third-order valence-corrected chi connectivity index (χ3v) is 4.22. The molecule has 34 heavy (non-hydrogen) atoms.